The third kappa shape index (κ3) is 4.21. The summed E-state index contributed by atoms with van der Waals surface area (Å²) in [6, 6.07) is 11.3. The molecule has 1 aromatic carbocycles. The van der Waals surface area contributed by atoms with Crippen LogP contribution in [0.3, 0.4) is 0 Å². The standard InChI is InChI=1S/C21H23N3O3S3/c1-14-5-6-15(12-19(14)30(26,27)22-2)23-20(25)13-24-9-7-17-16(8-11-29-17)21(24)18-4-3-10-28-18/h3-6,8,10-12,21-22H,7,9,13H2,1-2H3,(H,23,25)/t21-/m0/s1. The van der Waals surface area contributed by atoms with Gasteiger partial charge >= 0.3 is 0 Å². The van der Waals surface area contributed by atoms with Crippen LogP contribution in [0.4, 0.5) is 5.69 Å². The number of aryl methyl sites for hydroxylation is 1. The largest absolute Gasteiger partial charge is 0.325 e. The molecule has 0 aliphatic carbocycles. The molecule has 2 aromatic heterocycles. The van der Waals surface area contributed by atoms with Crippen molar-refractivity contribution in [3.05, 3.63) is 68.0 Å². The number of sulfonamides is 1. The van der Waals surface area contributed by atoms with E-state index in [0.717, 1.165) is 13.0 Å². The number of thiophene rings is 2. The summed E-state index contributed by atoms with van der Waals surface area (Å²) in [5, 5.41) is 7.05. The molecule has 9 heteroatoms. The van der Waals surface area contributed by atoms with Gasteiger partial charge < -0.3 is 5.32 Å². The Hall–Kier alpha value is -2.04. The molecule has 0 fully saturated rings. The third-order valence-electron chi connectivity index (χ3n) is 5.26. The molecule has 1 aliphatic heterocycles. The van der Waals surface area contributed by atoms with E-state index in [1.165, 1.54) is 28.4 Å². The van der Waals surface area contributed by atoms with Gasteiger partial charge in [-0.2, -0.15) is 0 Å². The lowest BCUT2D eigenvalue weighted by molar-refractivity contribution is -0.117. The van der Waals surface area contributed by atoms with Crippen LogP contribution in [0.1, 0.15) is 26.9 Å². The van der Waals surface area contributed by atoms with Gasteiger partial charge in [0.05, 0.1) is 17.5 Å². The predicted octanol–water partition coefficient (Wildman–Crippen LogP) is 3.61. The van der Waals surface area contributed by atoms with Gasteiger partial charge in [-0.25, -0.2) is 13.1 Å². The number of fused-ring (bicyclic) bond motifs is 1. The molecule has 158 valence electrons. The Morgan fingerprint density at radius 3 is 2.77 bits per heavy atom. The molecule has 1 amide bonds. The second kappa shape index (κ2) is 8.60. The molecule has 6 nitrogen and oxygen atoms in total. The van der Waals surface area contributed by atoms with E-state index in [1.54, 1.807) is 41.7 Å². The molecule has 0 radical (unpaired) electrons. The molecule has 1 atom stereocenters. The van der Waals surface area contributed by atoms with Gasteiger partial charge in [0.1, 0.15) is 0 Å². The average Bonchev–Trinajstić information content (AvgIpc) is 3.41. The second-order valence-corrected chi connectivity index (χ2v) is 11.0. The lowest BCUT2D eigenvalue weighted by Crippen LogP contribution is -2.40. The van der Waals surface area contributed by atoms with Gasteiger partial charge in [0.25, 0.3) is 0 Å². The molecule has 30 heavy (non-hydrogen) atoms. The van der Waals surface area contributed by atoms with Gasteiger partial charge in [0.2, 0.25) is 15.9 Å². The highest BCUT2D eigenvalue weighted by Gasteiger charge is 2.31. The minimum absolute atomic E-state index is 0.0731. The second-order valence-electron chi connectivity index (χ2n) is 7.17. The van der Waals surface area contributed by atoms with Crippen LogP contribution >= 0.6 is 22.7 Å². The number of benzene rings is 1. The summed E-state index contributed by atoms with van der Waals surface area (Å²) in [4.78, 5) is 17.8. The van der Waals surface area contributed by atoms with Gasteiger partial charge in [-0.1, -0.05) is 12.1 Å². The number of carbonyl (C=O) groups excluding carboxylic acids is 1. The summed E-state index contributed by atoms with van der Waals surface area (Å²) in [5.41, 5.74) is 2.38. The SMILES string of the molecule is CNS(=O)(=O)c1cc(NC(=O)CN2CCc3sccc3[C@H]2c2cccs2)ccc1C. The number of rotatable bonds is 6. The Labute approximate surface area is 184 Å². The highest BCUT2D eigenvalue weighted by molar-refractivity contribution is 7.89. The highest BCUT2D eigenvalue weighted by Crippen LogP contribution is 2.39. The Morgan fingerprint density at radius 1 is 1.20 bits per heavy atom. The van der Waals surface area contributed by atoms with Crippen molar-refractivity contribution in [2.75, 3.05) is 25.5 Å². The van der Waals surface area contributed by atoms with Crippen LogP contribution in [-0.2, 0) is 21.2 Å². The fourth-order valence-corrected chi connectivity index (χ4v) is 6.56. The molecule has 1 aliphatic rings. The van der Waals surface area contributed by atoms with E-state index in [2.05, 4.69) is 37.8 Å². The minimum atomic E-state index is -3.59. The summed E-state index contributed by atoms with van der Waals surface area (Å²) >= 11 is 3.47. The van der Waals surface area contributed by atoms with Gasteiger partial charge in [0.15, 0.2) is 0 Å². The maximum Gasteiger partial charge on any atom is 0.240 e. The number of carbonyl (C=O) groups is 1. The van der Waals surface area contributed by atoms with Crippen molar-refractivity contribution in [2.45, 2.75) is 24.3 Å². The van der Waals surface area contributed by atoms with Crippen LogP contribution < -0.4 is 10.0 Å². The van der Waals surface area contributed by atoms with E-state index < -0.39 is 10.0 Å². The quantitative estimate of drug-likeness (QED) is 0.588. The van der Waals surface area contributed by atoms with Crippen molar-refractivity contribution in [2.24, 2.45) is 0 Å². The Bertz CT molecular complexity index is 1150. The molecule has 4 rings (SSSR count). The first-order chi connectivity index (χ1) is 14.4. The number of hydrogen-bond donors (Lipinski definition) is 2. The topological polar surface area (TPSA) is 78.5 Å². The summed E-state index contributed by atoms with van der Waals surface area (Å²) in [5.74, 6) is -0.160. The first-order valence-corrected chi connectivity index (χ1v) is 12.8. The lowest BCUT2D eigenvalue weighted by Gasteiger charge is -2.34. The fraction of sp³-hybridized carbons (Fsp3) is 0.286. The normalized spacial score (nSPS) is 16.9. The summed E-state index contributed by atoms with van der Waals surface area (Å²) in [6.45, 7) is 2.77. The zero-order valence-electron chi connectivity index (χ0n) is 16.7. The molecule has 0 bridgehead atoms. The minimum Gasteiger partial charge on any atom is -0.325 e. The van der Waals surface area contributed by atoms with Crippen molar-refractivity contribution < 1.29 is 13.2 Å². The van der Waals surface area contributed by atoms with E-state index >= 15 is 0 Å². The average molecular weight is 462 g/mol. The molecule has 0 spiro atoms. The first-order valence-electron chi connectivity index (χ1n) is 9.57. The zero-order chi connectivity index (χ0) is 21.3. The molecular formula is C21H23N3O3S3. The molecule has 3 heterocycles. The van der Waals surface area contributed by atoms with E-state index in [4.69, 9.17) is 0 Å². The van der Waals surface area contributed by atoms with Crippen molar-refractivity contribution in [1.82, 2.24) is 9.62 Å². The molecule has 0 saturated heterocycles. The number of hydrogen-bond acceptors (Lipinski definition) is 6. The van der Waals surface area contributed by atoms with Gasteiger partial charge in [-0.05, 0) is 66.5 Å². The number of nitrogens with zero attached hydrogens (tertiary/aromatic N) is 1. The van der Waals surface area contributed by atoms with E-state index in [0.29, 0.717) is 11.3 Å². The monoisotopic (exact) mass is 461 g/mol. The summed E-state index contributed by atoms with van der Waals surface area (Å²) in [6.07, 6.45) is 0.928. The Balaban J connectivity index is 1.54. The van der Waals surface area contributed by atoms with Crippen molar-refractivity contribution >= 4 is 44.3 Å². The number of anilines is 1. The van der Waals surface area contributed by atoms with Crippen LogP contribution in [0.5, 0.6) is 0 Å². The van der Waals surface area contributed by atoms with Crippen LogP contribution in [0.25, 0.3) is 0 Å². The van der Waals surface area contributed by atoms with Gasteiger partial charge in [-0.3, -0.25) is 9.69 Å². The zero-order valence-corrected chi connectivity index (χ0v) is 19.2. The van der Waals surface area contributed by atoms with Crippen LogP contribution in [-0.4, -0.2) is 39.4 Å². The van der Waals surface area contributed by atoms with Crippen LogP contribution in [0.15, 0.2) is 52.1 Å². The van der Waals surface area contributed by atoms with Crippen molar-refractivity contribution in [3.63, 3.8) is 0 Å². The molecule has 0 saturated carbocycles. The summed E-state index contributed by atoms with van der Waals surface area (Å²) < 4.78 is 26.8. The van der Waals surface area contributed by atoms with Gasteiger partial charge in [-0.15, -0.1) is 22.7 Å². The molecule has 3 aromatic rings. The maximum absolute atomic E-state index is 12.8. The van der Waals surface area contributed by atoms with Crippen molar-refractivity contribution in [3.8, 4) is 0 Å². The van der Waals surface area contributed by atoms with Crippen molar-refractivity contribution in [1.29, 1.82) is 0 Å². The van der Waals surface area contributed by atoms with E-state index in [9.17, 15) is 13.2 Å². The summed E-state index contributed by atoms with van der Waals surface area (Å²) in [7, 11) is -2.21. The van der Waals surface area contributed by atoms with E-state index in [1.807, 2.05) is 6.07 Å². The fourth-order valence-electron chi connectivity index (χ4n) is 3.78. The number of amides is 1. The predicted molar refractivity (Wildman–Crippen MR) is 122 cm³/mol. The smallest absolute Gasteiger partial charge is 0.240 e. The molecule has 2 N–H and O–H groups in total. The maximum atomic E-state index is 12.8. The highest BCUT2D eigenvalue weighted by atomic mass is 32.2. The van der Waals surface area contributed by atoms with Crippen LogP contribution in [0.2, 0.25) is 0 Å². The molecule has 0 unspecified atom stereocenters. The Kier molecular flexibility index (Phi) is 6.08. The third-order valence-corrected chi connectivity index (χ3v) is 8.73. The first kappa shape index (κ1) is 21.2. The van der Waals surface area contributed by atoms with Crippen LogP contribution in [0, 0.1) is 6.92 Å². The lowest BCUT2D eigenvalue weighted by atomic mass is 9.98. The van der Waals surface area contributed by atoms with E-state index in [-0.39, 0.29) is 23.4 Å². The Morgan fingerprint density at radius 2 is 2.03 bits per heavy atom. The molecular weight excluding hydrogens is 438 g/mol. The van der Waals surface area contributed by atoms with Gasteiger partial charge in [0, 0.05) is 22.0 Å². The number of nitrogens with one attached hydrogen (secondary N) is 2.